The zero-order valence-electron chi connectivity index (χ0n) is 10.5. The second-order valence-corrected chi connectivity index (χ2v) is 10.6. The molecule has 0 amide bonds. The van der Waals surface area contributed by atoms with Gasteiger partial charge in [-0.25, -0.2) is 0 Å². The van der Waals surface area contributed by atoms with E-state index in [1.54, 1.807) is 0 Å². The zero-order valence-corrected chi connectivity index (χ0v) is 11.5. The van der Waals surface area contributed by atoms with E-state index < -0.39 is 8.07 Å². The van der Waals surface area contributed by atoms with Crippen molar-refractivity contribution >= 4 is 8.07 Å². The van der Waals surface area contributed by atoms with Gasteiger partial charge in [-0.3, -0.25) is 0 Å². The van der Waals surface area contributed by atoms with Gasteiger partial charge in [0.15, 0.2) is 0 Å². The van der Waals surface area contributed by atoms with E-state index in [4.69, 9.17) is 0 Å². The van der Waals surface area contributed by atoms with Gasteiger partial charge < -0.3 is 5.11 Å². The van der Waals surface area contributed by atoms with Crippen molar-refractivity contribution in [2.75, 3.05) is 6.61 Å². The number of hydrogen-bond donors (Lipinski definition) is 1. The predicted molar refractivity (Wildman–Crippen MR) is 73.4 cm³/mol. The molecule has 0 fully saturated rings. The average molecular weight is 234 g/mol. The smallest absolute Gasteiger partial charge is 0.0716 e. The molecule has 1 aromatic rings. The fourth-order valence-electron chi connectivity index (χ4n) is 1.62. The normalized spacial score (nSPS) is 13.5. The monoisotopic (exact) mass is 234 g/mol. The lowest BCUT2D eigenvalue weighted by atomic mass is 9.97. The van der Waals surface area contributed by atoms with Crippen LogP contribution in [-0.4, -0.2) is 19.8 Å². The first-order valence-corrected chi connectivity index (χ1v) is 9.29. The summed E-state index contributed by atoms with van der Waals surface area (Å²) in [5.74, 6) is 0.209. The van der Waals surface area contributed by atoms with Crippen LogP contribution in [0.2, 0.25) is 19.6 Å². The van der Waals surface area contributed by atoms with E-state index in [-0.39, 0.29) is 12.5 Å². The highest BCUT2D eigenvalue weighted by atomic mass is 28.3. The Morgan fingerprint density at radius 1 is 1.25 bits per heavy atom. The fraction of sp³-hybridized carbons (Fsp3) is 0.429. The second kappa shape index (κ2) is 5.46. The van der Waals surface area contributed by atoms with Crippen molar-refractivity contribution in [3.63, 3.8) is 0 Å². The number of allylic oxidation sites excluding steroid dienone is 1. The van der Waals surface area contributed by atoms with Crippen LogP contribution >= 0.6 is 0 Å². The highest BCUT2D eigenvalue weighted by Crippen LogP contribution is 2.27. The molecular formula is C14H22OSi. The lowest BCUT2D eigenvalue weighted by molar-refractivity contribution is 0.265. The third kappa shape index (κ3) is 3.61. The van der Waals surface area contributed by atoms with E-state index >= 15 is 0 Å². The number of rotatable bonds is 5. The second-order valence-electron chi connectivity index (χ2n) is 5.35. The summed E-state index contributed by atoms with van der Waals surface area (Å²) in [6, 6.07) is 10.2. The van der Waals surface area contributed by atoms with Gasteiger partial charge in [0, 0.05) is 5.92 Å². The van der Waals surface area contributed by atoms with Gasteiger partial charge in [0.25, 0.3) is 0 Å². The molecule has 1 N–H and O–H groups in total. The van der Waals surface area contributed by atoms with Gasteiger partial charge in [-0.2, -0.15) is 0 Å². The van der Waals surface area contributed by atoms with Crippen molar-refractivity contribution in [3.8, 4) is 0 Å². The number of aliphatic hydroxyl groups excluding tert-OH is 1. The maximum atomic E-state index is 9.47. The largest absolute Gasteiger partial charge is 0.396 e. The molecule has 1 rings (SSSR count). The van der Waals surface area contributed by atoms with E-state index in [0.29, 0.717) is 0 Å². The predicted octanol–water partition coefficient (Wildman–Crippen LogP) is 3.59. The Hall–Kier alpha value is -0.863. The minimum Gasteiger partial charge on any atom is -0.396 e. The molecule has 0 bridgehead atoms. The summed E-state index contributed by atoms with van der Waals surface area (Å²) < 4.78 is 0. The van der Waals surface area contributed by atoms with Gasteiger partial charge in [-0.1, -0.05) is 55.2 Å². The number of benzene rings is 1. The molecule has 16 heavy (non-hydrogen) atoms. The molecule has 88 valence electrons. The van der Waals surface area contributed by atoms with E-state index in [1.807, 2.05) is 18.2 Å². The molecule has 1 aromatic carbocycles. The first-order chi connectivity index (χ1) is 7.45. The SMILES string of the molecule is C=C(CC(CO)c1ccccc1)[Si](C)(C)C. The van der Waals surface area contributed by atoms with Gasteiger partial charge in [0.2, 0.25) is 0 Å². The zero-order chi connectivity index (χ0) is 12.2. The van der Waals surface area contributed by atoms with E-state index in [9.17, 15) is 5.11 Å². The molecule has 0 heterocycles. The Bertz CT molecular complexity index is 338. The van der Waals surface area contributed by atoms with Crippen LogP contribution in [0.15, 0.2) is 42.1 Å². The van der Waals surface area contributed by atoms with E-state index in [2.05, 4.69) is 38.4 Å². The lowest BCUT2D eigenvalue weighted by Crippen LogP contribution is -2.25. The van der Waals surface area contributed by atoms with Crippen molar-refractivity contribution in [3.05, 3.63) is 47.7 Å². The van der Waals surface area contributed by atoms with Crippen molar-refractivity contribution in [2.24, 2.45) is 0 Å². The summed E-state index contributed by atoms with van der Waals surface area (Å²) in [6.07, 6.45) is 0.913. The highest BCUT2D eigenvalue weighted by Gasteiger charge is 2.21. The standard InChI is InChI=1S/C14H22OSi/c1-12(16(2,3)4)10-14(11-15)13-8-6-5-7-9-13/h5-9,14-15H,1,10-11H2,2-4H3. The molecule has 0 radical (unpaired) electrons. The molecule has 0 saturated carbocycles. The quantitative estimate of drug-likeness (QED) is 0.772. The van der Waals surface area contributed by atoms with Crippen LogP contribution in [0.25, 0.3) is 0 Å². The summed E-state index contributed by atoms with van der Waals surface area (Å²) in [7, 11) is -1.28. The van der Waals surface area contributed by atoms with Gasteiger partial charge >= 0.3 is 0 Å². The van der Waals surface area contributed by atoms with Crippen molar-refractivity contribution in [2.45, 2.75) is 32.0 Å². The van der Waals surface area contributed by atoms with Crippen LogP contribution in [0.4, 0.5) is 0 Å². The van der Waals surface area contributed by atoms with Gasteiger partial charge in [-0.05, 0) is 12.0 Å². The molecule has 1 atom stereocenters. The van der Waals surface area contributed by atoms with Crippen molar-refractivity contribution in [1.82, 2.24) is 0 Å². The Kier molecular flexibility index (Phi) is 4.51. The minimum atomic E-state index is -1.28. The number of aliphatic hydroxyl groups is 1. The number of hydrogen-bond acceptors (Lipinski definition) is 1. The summed E-state index contributed by atoms with van der Waals surface area (Å²) in [4.78, 5) is 0. The molecule has 1 nitrogen and oxygen atoms in total. The summed E-state index contributed by atoms with van der Waals surface area (Å²) in [6.45, 7) is 11.3. The molecule has 0 aliphatic heterocycles. The third-order valence-electron chi connectivity index (χ3n) is 3.04. The van der Waals surface area contributed by atoms with Crippen LogP contribution in [0.1, 0.15) is 17.9 Å². The summed E-state index contributed by atoms with van der Waals surface area (Å²) in [5, 5.41) is 10.8. The molecule has 0 saturated heterocycles. The molecule has 2 heteroatoms. The van der Waals surface area contributed by atoms with Crippen LogP contribution in [0.3, 0.4) is 0 Å². The topological polar surface area (TPSA) is 20.2 Å². The van der Waals surface area contributed by atoms with Gasteiger partial charge in [0.05, 0.1) is 14.7 Å². The molecule has 0 aliphatic carbocycles. The Labute approximate surface area is 99.8 Å². The van der Waals surface area contributed by atoms with Gasteiger partial charge in [-0.15, -0.1) is 6.58 Å². The highest BCUT2D eigenvalue weighted by molar-refractivity contribution is 6.82. The summed E-state index contributed by atoms with van der Waals surface area (Å²) in [5.41, 5.74) is 1.21. The summed E-state index contributed by atoms with van der Waals surface area (Å²) >= 11 is 0. The van der Waals surface area contributed by atoms with Crippen molar-refractivity contribution < 1.29 is 5.11 Å². The Balaban J connectivity index is 2.75. The lowest BCUT2D eigenvalue weighted by Gasteiger charge is -2.24. The van der Waals surface area contributed by atoms with E-state index in [1.165, 1.54) is 10.8 Å². The molecule has 0 aromatic heterocycles. The van der Waals surface area contributed by atoms with Crippen LogP contribution < -0.4 is 0 Å². The van der Waals surface area contributed by atoms with Gasteiger partial charge in [0.1, 0.15) is 0 Å². The fourth-order valence-corrected chi connectivity index (χ4v) is 2.48. The maximum Gasteiger partial charge on any atom is 0.0716 e. The third-order valence-corrected chi connectivity index (χ3v) is 5.37. The average Bonchev–Trinajstić information content (AvgIpc) is 2.25. The first kappa shape index (κ1) is 13.2. The van der Waals surface area contributed by atoms with Crippen molar-refractivity contribution in [1.29, 1.82) is 0 Å². The Morgan fingerprint density at radius 3 is 2.25 bits per heavy atom. The Morgan fingerprint density at radius 2 is 1.81 bits per heavy atom. The molecule has 0 aliphatic rings. The minimum absolute atomic E-state index is 0.202. The van der Waals surface area contributed by atoms with Crippen LogP contribution in [0.5, 0.6) is 0 Å². The first-order valence-electron chi connectivity index (χ1n) is 5.79. The molecular weight excluding hydrogens is 212 g/mol. The maximum absolute atomic E-state index is 9.47. The van der Waals surface area contributed by atoms with E-state index in [0.717, 1.165) is 6.42 Å². The molecule has 1 unspecified atom stereocenters. The van der Waals surface area contributed by atoms with Crippen LogP contribution in [-0.2, 0) is 0 Å². The van der Waals surface area contributed by atoms with Crippen LogP contribution in [0, 0.1) is 0 Å². The molecule has 0 spiro atoms.